The van der Waals surface area contributed by atoms with E-state index in [2.05, 4.69) is 10.3 Å². The largest absolute Gasteiger partial charge is 0.394 e. The van der Waals surface area contributed by atoms with E-state index in [0.717, 1.165) is 0 Å². The summed E-state index contributed by atoms with van der Waals surface area (Å²) in [5.74, 6) is -0.310. The minimum Gasteiger partial charge on any atom is -0.394 e. The molecule has 1 fully saturated rings. The van der Waals surface area contributed by atoms with E-state index in [1.165, 1.54) is 10.9 Å². The Kier molecular flexibility index (Phi) is 3.30. The van der Waals surface area contributed by atoms with Gasteiger partial charge in [0.15, 0.2) is 11.9 Å². The van der Waals surface area contributed by atoms with Crippen molar-refractivity contribution in [2.75, 3.05) is 13.2 Å². The molecule has 8 heteroatoms. The molecule has 2 aliphatic rings. The second-order valence-electron chi connectivity index (χ2n) is 4.73. The van der Waals surface area contributed by atoms with Gasteiger partial charge in [-0.15, -0.1) is 0 Å². The quantitative estimate of drug-likeness (QED) is 0.511. The summed E-state index contributed by atoms with van der Waals surface area (Å²) in [6.45, 7) is -0.00684. The molecule has 8 nitrogen and oxygen atoms in total. The molecular formula is C12H15N3O5. The van der Waals surface area contributed by atoms with Crippen LogP contribution in [-0.2, 0) is 4.74 Å². The molecule has 1 aromatic rings. The molecule has 0 bridgehead atoms. The zero-order valence-corrected chi connectivity index (χ0v) is 10.5. The summed E-state index contributed by atoms with van der Waals surface area (Å²) in [6, 6.07) is 0. The molecule has 108 valence electrons. The first-order valence-electron chi connectivity index (χ1n) is 6.27. The van der Waals surface area contributed by atoms with Crippen LogP contribution in [0.4, 0.5) is 0 Å². The first kappa shape index (κ1) is 13.3. The van der Waals surface area contributed by atoms with E-state index < -0.39 is 31.1 Å². The first-order valence-corrected chi connectivity index (χ1v) is 6.27. The number of ether oxygens (including phenoxy) is 1. The normalized spacial score (nSPS) is 32.9. The van der Waals surface area contributed by atoms with Crippen molar-refractivity contribution in [3.8, 4) is 0 Å². The average Bonchev–Trinajstić information content (AvgIpc) is 2.92. The van der Waals surface area contributed by atoms with Crippen molar-refractivity contribution >= 4 is 12.0 Å². The van der Waals surface area contributed by atoms with Gasteiger partial charge in [-0.25, -0.2) is 4.98 Å². The SMILES string of the molecule is O=C1NCC=Cc2c1ncn2[C@@H]1O[C@H](CO)[C@@H](O)[C@H]1O. The van der Waals surface area contributed by atoms with Gasteiger partial charge in [0.1, 0.15) is 18.3 Å². The number of carbonyl (C=O) groups excluding carboxylic acids is 1. The number of aliphatic hydroxyl groups excluding tert-OH is 3. The number of amides is 1. The second-order valence-corrected chi connectivity index (χ2v) is 4.73. The van der Waals surface area contributed by atoms with Gasteiger partial charge in [0, 0.05) is 6.54 Å². The van der Waals surface area contributed by atoms with Crippen LogP contribution in [0.5, 0.6) is 0 Å². The molecule has 20 heavy (non-hydrogen) atoms. The average molecular weight is 281 g/mol. The number of hydrogen-bond donors (Lipinski definition) is 4. The predicted molar refractivity (Wildman–Crippen MR) is 66.6 cm³/mol. The zero-order chi connectivity index (χ0) is 14.3. The van der Waals surface area contributed by atoms with Crippen molar-refractivity contribution in [2.45, 2.75) is 24.5 Å². The molecule has 0 aromatic carbocycles. The maximum atomic E-state index is 11.8. The Balaban J connectivity index is 1.98. The summed E-state index contributed by atoms with van der Waals surface area (Å²) in [7, 11) is 0. The molecule has 3 rings (SSSR count). The highest BCUT2D eigenvalue weighted by molar-refractivity contribution is 5.96. The fourth-order valence-electron chi connectivity index (χ4n) is 2.43. The summed E-state index contributed by atoms with van der Waals surface area (Å²) in [5, 5.41) is 31.5. The second kappa shape index (κ2) is 4.98. The van der Waals surface area contributed by atoms with Crippen molar-refractivity contribution < 1.29 is 24.9 Å². The van der Waals surface area contributed by atoms with Crippen LogP contribution in [0.3, 0.4) is 0 Å². The van der Waals surface area contributed by atoms with Gasteiger partial charge >= 0.3 is 0 Å². The lowest BCUT2D eigenvalue weighted by Crippen LogP contribution is -2.33. The van der Waals surface area contributed by atoms with E-state index in [4.69, 9.17) is 9.84 Å². The van der Waals surface area contributed by atoms with Gasteiger partial charge in [0.2, 0.25) is 0 Å². The van der Waals surface area contributed by atoms with Crippen LogP contribution in [0.2, 0.25) is 0 Å². The van der Waals surface area contributed by atoms with Crippen molar-refractivity contribution in [1.82, 2.24) is 14.9 Å². The van der Waals surface area contributed by atoms with Crippen molar-refractivity contribution in [2.24, 2.45) is 0 Å². The van der Waals surface area contributed by atoms with Gasteiger partial charge in [0.25, 0.3) is 5.91 Å². The minimum atomic E-state index is -1.20. The van der Waals surface area contributed by atoms with Gasteiger partial charge in [-0.3, -0.25) is 4.79 Å². The molecule has 1 aromatic heterocycles. The Morgan fingerprint density at radius 3 is 2.95 bits per heavy atom. The van der Waals surface area contributed by atoms with Crippen LogP contribution in [0.1, 0.15) is 22.4 Å². The number of rotatable bonds is 2. The molecule has 2 aliphatic heterocycles. The molecule has 3 heterocycles. The first-order chi connectivity index (χ1) is 9.63. The smallest absolute Gasteiger partial charge is 0.272 e. The molecule has 0 saturated carbocycles. The van der Waals surface area contributed by atoms with E-state index >= 15 is 0 Å². The van der Waals surface area contributed by atoms with Crippen LogP contribution in [-0.4, -0.2) is 62.2 Å². The fraction of sp³-hybridized carbons (Fsp3) is 0.500. The minimum absolute atomic E-state index is 0.233. The highest BCUT2D eigenvalue weighted by atomic mass is 16.6. The van der Waals surface area contributed by atoms with Crippen molar-refractivity contribution in [3.63, 3.8) is 0 Å². The lowest BCUT2D eigenvalue weighted by atomic mass is 10.1. The highest BCUT2D eigenvalue weighted by Crippen LogP contribution is 2.31. The number of fused-ring (bicyclic) bond motifs is 1. The Bertz CT molecular complexity index is 555. The number of hydrogen-bond acceptors (Lipinski definition) is 6. The fourth-order valence-corrected chi connectivity index (χ4v) is 2.43. The number of aliphatic hydroxyl groups is 3. The molecule has 1 amide bonds. The third-order valence-electron chi connectivity index (χ3n) is 3.49. The van der Waals surface area contributed by atoms with Gasteiger partial charge in [0.05, 0.1) is 18.6 Å². The van der Waals surface area contributed by atoms with Crippen LogP contribution >= 0.6 is 0 Å². The Morgan fingerprint density at radius 2 is 2.25 bits per heavy atom. The molecule has 0 radical (unpaired) electrons. The maximum absolute atomic E-state index is 11.8. The topological polar surface area (TPSA) is 117 Å². The molecule has 4 atom stereocenters. The summed E-state index contributed by atoms with van der Waals surface area (Å²) in [6.07, 6.45) is 0.681. The van der Waals surface area contributed by atoms with Crippen molar-refractivity contribution in [3.05, 3.63) is 23.8 Å². The van der Waals surface area contributed by atoms with E-state index in [0.29, 0.717) is 12.2 Å². The monoisotopic (exact) mass is 281 g/mol. The third kappa shape index (κ3) is 1.93. The highest BCUT2D eigenvalue weighted by Gasteiger charge is 2.44. The zero-order valence-electron chi connectivity index (χ0n) is 10.5. The molecule has 4 N–H and O–H groups in total. The van der Waals surface area contributed by atoms with E-state index in [-0.39, 0.29) is 11.6 Å². The molecule has 1 saturated heterocycles. The Morgan fingerprint density at radius 1 is 1.45 bits per heavy atom. The predicted octanol–water partition coefficient (Wildman–Crippen LogP) is -1.75. The van der Waals surface area contributed by atoms with Crippen molar-refractivity contribution in [1.29, 1.82) is 0 Å². The molecule has 0 spiro atoms. The van der Waals surface area contributed by atoms with Gasteiger partial charge in [-0.05, 0) is 6.08 Å². The summed E-state index contributed by atoms with van der Waals surface area (Å²) < 4.78 is 6.92. The lowest BCUT2D eigenvalue weighted by Gasteiger charge is -2.17. The van der Waals surface area contributed by atoms with Gasteiger partial charge in [-0.2, -0.15) is 0 Å². The maximum Gasteiger partial charge on any atom is 0.272 e. The number of nitrogens with one attached hydrogen (secondary N) is 1. The number of imidazole rings is 1. The van der Waals surface area contributed by atoms with E-state index in [9.17, 15) is 15.0 Å². The summed E-state index contributed by atoms with van der Waals surface area (Å²) in [4.78, 5) is 15.8. The summed E-state index contributed by atoms with van der Waals surface area (Å²) >= 11 is 0. The van der Waals surface area contributed by atoms with E-state index in [1.807, 2.05) is 0 Å². The molecule has 0 aliphatic carbocycles. The lowest BCUT2D eigenvalue weighted by molar-refractivity contribution is -0.0530. The van der Waals surface area contributed by atoms with E-state index in [1.54, 1.807) is 12.2 Å². The van der Waals surface area contributed by atoms with Crippen LogP contribution in [0.15, 0.2) is 12.4 Å². The molecule has 0 unspecified atom stereocenters. The Labute approximate surface area is 114 Å². The standard InChI is InChI=1S/C12H15N3O5/c16-4-7-9(17)10(18)12(20-7)15-5-14-8-6(15)2-1-3-13-11(8)19/h1-2,5,7,9-10,12,16-18H,3-4H2,(H,13,19)/t7-,9-,10-,12-/m1/s1. The Hall–Kier alpha value is -1.74. The van der Waals surface area contributed by atoms with Crippen LogP contribution in [0, 0.1) is 0 Å². The number of carbonyl (C=O) groups is 1. The number of aromatic nitrogens is 2. The summed E-state index contributed by atoms with van der Waals surface area (Å²) in [5.41, 5.74) is 0.728. The molecular weight excluding hydrogens is 266 g/mol. The number of nitrogens with zero attached hydrogens (tertiary/aromatic N) is 2. The third-order valence-corrected chi connectivity index (χ3v) is 3.49. The van der Waals surface area contributed by atoms with Gasteiger partial charge < -0.3 is 29.9 Å². The van der Waals surface area contributed by atoms with Crippen LogP contribution < -0.4 is 5.32 Å². The van der Waals surface area contributed by atoms with Crippen LogP contribution in [0.25, 0.3) is 6.08 Å². The van der Waals surface area contributed by atoms with Gasteiger partial charge in [-0.1, -0.05) is 6.08 Å².